The molecule has 3 N–H and O–H groups in total. The lowest BCUT2D eigenvalue weighted by Crippen LogP contribution is -2.47. The van der Waals surface area contributed by atoms with Crippen molar-refractivity contribution in [3.63, 3.8) is 0 Å². The van der Waals surface area contributed by atoms with Crippen LogP contribution in [0.2, 0.25) is 0 Å². The Bertz CT molecular complexity index is 768. The summed E-state index contributed by atoms with van der Waals surface area (Å²) in [4.78, 5) is 23.5. The molecule has 2 atom stereocenters. The Kier molecular flexibility index (Phi) is 6.60. The van der Waals surface area contributed by atoms with Gasteiger partial charge in [0.15, 0.2) is 5.78 Å². The smallest absolute Gasteiger partial charge is 0.319 e. The molecule has 3 rings (SSSR count). The Morgan fingerprint density at radius 2 is 1.89 bits per heavy atom. The van der Waals surface area contributed by atoms with E-state index < -0.39 is 0 Å². The molecule has 0 spiro atoms. The maximum atomic E-state index is 12.1. The molecule has 0 unspecified atom stereocenters. The summed E-state index contributed by atoms with van der Waals surface area (Å²) in [7, 11) is 0. The highest BCUT2D eigenvalue weighted by atomic mass is 16.2. The van der Waals surface area contributed by atoms with E-state index in [0.717, 1.165) is 25.8 Å². The molecule has 1 aliphatic rings. The van der Waals surface area contributed by atoms with Gasteiger partial charge in [0, 0.05) is 23.8 Å². The van der Waals surface area contributed by atoms with Crippen molar-refractivity contribution < 1.29 is 9.59 Å². The fourth-order valence-electron chi connectivity index (χ4n) is 3.48. The largest absolute Gasteiger partial charge is 0.336 e. The van der Waals surface area contributed by atoms with Crippen LogP contribution in [0.1, 0.15) is 35.7 Å². The molecule has 1 aliphatic heterocycles. The molecule has 0 bridgehead atoms. The van der Waals surface area contributed by atoms with Crippen LogP contribution in [0.25, 0.3) is 0 Å². The zero-order valence-corrected chi connectivity index (χ0v) is 15.7. The van der Waals surface area contributed by atoms with Crippen LogP contribution in [0.3, 0.4) is 0 Å². The van der Waals surface area contributed by atoms with E-state index in [9.17, 15) is 9.59 Å². The van der Waals surface area contributed by atoms with Gasteiger partial charge >= 0.3 is 6.03 Å². The van der Waals surface area contributed by atoms with E-state index in [1.165, 1.54) is 12.5 Å². The van der Waals surface area contributed by atoms with Crippen LogP contribution in [-0.2, 0) is 6.42 Å². The number of carbonyl (C=O) groups excluding carboxylic acids is 2. The van der Waals surface area contributed by atoms with Gasteiger partial charge in [-0.05, 0) is 56.3 Å². The number of ketones is 1. The number of rotatable bonds is 6. The zero-order valence-electron chi connectivity index (χ0n) is 15.7. The summed E-state index contributed by atoms with van der Waals surface area (Å²) in [6.45, 7) is 3.08. The highest BCUT2D eigenvalue weighted by molar-refractivity contribution is 5.96. The van der Waals surface area contributed by atoms with Crippen molar-refractivity contribution in [2.24, 2.45) is 5.92 Å². The summed E-state index contributed by atoms with van der Waals surface area (Å²) in [5.41, 5.74) is 2.60. The van der Waals surface area contributed by atoms with Crippen molar-refractivity contribution in [1.29, 1.82) is 0 Å². The fourth-order valence-corrected chi connectivity index (χ4v) is 3.48. The molecule has 0 radical (unpaired) electrons. The zero-order chi connectivity index (χ0) is 19.1. The Morgan fingerprint density at radius 3 is 2.59 bits per heavy atom. The van der Waals surface area contributed by atoms with Gasteiger partial charge in [-0.15, -0.1) is 0 Å². The predicted molar refractivity (Wildman–Crippen MR) is 108 cm³/mol. The number of amides is 2. The summed E-state index contributed by atoms with van der Waals surface area (Å²) in [5, 5.41) is 9.25. The highest BCUT2D eigenvalue weighted by Gasteiger charge is 2.21. The Morgan fingerprint density at radius 1 is 1.07 bits per heavy atom. The first-order valence-electron chi connectivity index (χ1n) is 9.53. The summed E-state index contributed by atoms with van der Waals surface area (Å²) in [6.07, 6.45) is 3.31. The average Bonchev–Trinajstić information content (AvgIpc) is 2.68. The molecule has 27 heavy (non-hydrogen) atoms. The number of carbonyl (C=O) groups is 2. The van der Waals surface area contributed by atoms with Gasteiger partial charge in [-0.1, -0.05) is 42.5 Å². The maximum Gasteiger partial charge on any atom is 0.319 e. The van der Waals surface area contributed by atoms with E-state index in [2.05, 4.69) is 40.2 Å². The first kappa shape index (κ1) is 19.1. The first-order valence-corrected chi connectivity index (χ1v) is 9.53. The summed E-state index contributed by atoms with van der Waals surface area (Å²) in [6, 6.07) is 17.6. The second-order valence-electron chi connectivity index (χ2n) is 7.21. The molecular weight excluding hydrogens is 338 g/mol. The first-order chi connectivity index (χ1) is 13.1. The van der Waals surface area contributed by atoms with E-state index in [0.29, 0.717) is 29.8 Å². The molecule has 2 aromatic carbocycles. The monoisotopic (exact) mass is 365 g/mol. The lowest BCUT2D eigenvalue weighted by molar-refractivity contribution is 0.101. The third-order valence-electron chi connectivity index (χ3n) is 5.02. The summed E-state index contributed by atoms with van der Waals surface area (Å²) in [5.74, 6) is 0.627. The van der Waals surface area contributed by atoms with Gasteiger partial charge in [-0.3, -0.25) is 4.79 Å². The van der Waals surface area contributed by atoms with Crippen molar-refractivity contribution in [2.75, 3.05) is 18.4 Å². The normalized spacial score (nSPS) is 19.3. The van der Waals surface area contributed by atoms with Gasteiger partial charge in [0.1, 0.15) is 0 Å². The van der Waals surface area contributed by atoms with Gasteiger partial charge in [-0.2, -0.15) is 0 Å². The molecule has 2 amide bonds. The fraction of sp³-hybridized carbons (Fsp3) is 0.364. The van der Waals surface area contributed by atoms with E-state index in [1.807, 2.05) is 6.07 Å². The quantitative estimate of drug-likeness (QED) is 0.685. The third kappa shape index (κ3) is 5.93. The standard InChI is InChI=1S/C22H27N3O2/c1-16(26)19-8-5-9-20(13-19)25-22(27)24-15-21-11-10-18(14-23-21)12-17-6-3-2-4-7-17/h2-9,13,18,21,23H,10-12,14-15H2,1H3,(H2,24,25,27)/t18-,21+/m0/s1. The summed E-state index contributed by atoms with van der Waals surface area (Å²) >= 11 is 0. The Balaban J connectivity index is 1.39. The number of nitrogens with one attached hydrogen (secondary N) is 3. The van der Waals surface area contributed by atoms with E-state index in [4.69, 9.17) is 0 Å². The maximum absolute atomic E-state index is 12.1. The van der Waals surface area contributed by atoms with Gasteiger partial charge < -0.3 is 16.0 Å². The second-order valence-corrected chi connectivity index (χ2v) is 7.21. The van der Waals surface area contributed by atoms with Gasteiger partial charge in [0.25, 0.3) is 0 Å². The molecule has 142 valence electrons. The van der Waals surface area contributed by atoms with Gasteiger partial charge in [-0.25, -0.2) is 4.79 Å². The third-order valence-corrected chi connectivity index (χ3v) is 5.02. The van der Waals surface area contributed by atoms with Gasteiger partial charge in [0.05, 0.1) is 0 Å². The number of anilines is 1. The van der Waals surface area contributed by atoms with Crippen molar-refractivity contribution in [1.82, 2.24) is 10.6 Å². The van der Waals surface area contributed by atoms with E-state index in [-0.39, 0.29) is 11.8 Å². The van der Waals surface area contributed by atoms with E-state index in [1.54, 1.807) is 24.3 Å². The number of hydrogen-bond donors (Lipinski definition) is 3. The van der Waals surface area contributed by atoms with Crippen molar-refractivity contribution in [2.45, 2.75) is 32.2 Å². The predicted octanol–water partition coefficient (Wildman–Crippen LogP) is 3.62. The van der Waals surface area contributed by atoms with Crippen LogP contribution in [-0.4, -0.2) is 30.9 Å². The van der Waals surface area contributed by atoms with Crippen molar-refractivity contribution in [3.8, 4) is 0 Å². The average molecular weight is 365 g/mol. The molecule has 0 saturated carbocycles. The minimum absolute atomic E-state index is 0.0180. The van der Waals surface area contributed by atoms with Crippen molar-refractivity contribution >= 4 is 17.5 Å². The van der Waals surface area contributed by atoms with Gasteiger partial charge in [0.2, 0.25) is 0 Å². The van der Waals surface area contributed by atoms with Crippen LogP contribution >= 0.6 is 0 Å². The van der Waals surface area contributed by atoms with E-state index >= 15 is 0 Å². The lowest BCUT2D eigenvalue weighted by Gasteiger charge is -2.30. The second kappa shape index (κ2) is 9.33. The minimum atomic E-state index is -0.246. The number of Topliss-reactive ketones (excluding diaryl/α,β-unsaturated/α-hetero) is 1. The molecule has 5 heteroatoms. The number of piperidine rings is 1. The topological polar surface area (TPSA) is 70.2 Å². The SMILES string of the molecule is CC(=O)c1cccc(NC(=O)NC[C@H]2CC[C@@H](Cc3ccccc3)CN2)c1. The van der Waals surface area contributed by atoms with Crippen LogP contribution in [0, 0.1) is 5.92 Å². The van der Waals surface area contributed by atoms with Crippen LogP contribution in [0.5, 0.6) is 0 Å². The minimum Gasteiger partial charge on any atom is -0.336 e. The molecule has 0 aromatic heterocycles. The molecule has 1 saturated heterocycles. The van der Waals surface area contributed by atoms with Crippen LogP contribution in [0.4, 0.5) is 10.5 Å². The Labute approximate surface area is 160 Å². The molecule has 0 aliphatic carbocycles. The molecule has 1 heterocycles. The van der Waals surface area contributed by atoms with Crippen molar-refractivity contribution in [3.05, 3.63) is 65.7 Å². The molecule has 1 fully saturated rings. The number of hydrogen-bond acceptors (Lipinski definition) is 3. The van der Waals surface area contributed by atoms with Crippen LogP contribution in [0.15, 0.2) is 54.6 Å². The summed E-state index contributed by atoms with van der Waals surface area (Å²) < 4.78 is 0. The Hall–Kier alpha value is -2.66. The highest BCUT2D eigenvalue weighted by Crippen LogP contribution is 2.19. The molecule has 5 nitrogen and oxygen atoms in total. The van der Waals surface area contributed by atoms with Crippen LogP contribution < -0.4 is 16.0 Å². The number of urea groups is 1. The molecular formula is C22H27N3O2. The molecule has 2 aromatic rings. The number of benzene rings is 2. The lowest BCUT2D eigenvalue weighted by atomic mass is 9.89.